The van der Waals surface area contributed by atoms with Gasteiger partial charge in [-0.3, -0.25) is 4.79 Å². The molecule has 1 aromatic carbocycles. The zero-order chi connectivity index (χ0) is 22.7. The van der Waals surface area contributed by atoms with Gasteiger partial charge in [-0.25, -0.2) is 4.79 Å². The first-order valence-corrected chi connectivity index (χ1v) is 9.31. The molecule has 6 N–H and O–H groups in total. The van der Waals surface area contributed by atoms with Gasteiger partial charge in [0.25, 0.3) is 0 Å². The summed E-state index contributed by atoms with van der Waals surface area (Å²) in [4.78, 5) is 23.9. The van der Waals surface area contributed by atoms with Gasteiger partial charge < -0.3 is 44.8 Å². The Morgan fingerprint density at radius 2 is 1.74 bits per heavy atom. The molecule has 1 saturated heterocycles. The molecule has 31 heavy (non-hydrogen) atoms. The van der Waals surface area contributed by atoms with E-state index in [1.165, 1.54) is 42.5 Å². The molecule has 1 aliphatic carbocycles. The van der Waals surface area contributed by atoms with Crippen LogP contribution in [0, 0.1) is 5.92 Å². The molecule has 0 amide bonds. The predicted molar refractivity (Wildman–Crippen MR) is 101 cm³/mol. The standard InChI is InChI=1S/C20H22O11/c21-8-13-15(24)17(31-19(28)9-4-6-10(22)7-5-9)16(25)20(30-13)29-12-3-1-2-11(23)14(12)18(26)27/h1-7,12-17,20-25H,8H2,(H,26,27)/t12?,13-,14?,15-,16-,17+,20-/m1/s1. The van der Waals surface area contributed by atoms with Crippen LogP contribution < -0.4 is 0 Å². The van der Waals surface area contributed by atoms with E-state index in [1.54, 1.807) is 0 Å². The molecular weight excluding hydrogens is 416 g/mol. The van der Waals surface area contributed by atoms with E-state index in [1.807, 2.05) is 0 Å². The molecule has 0 spiro atoms. The lowest BCUT2D eigenvalue weighted by Crippen LogP contribution is -2.61. The number of allylic oxidation sites excluding steroid dienone is 2. The summed E-state index contributed by atoms with van der Waals surface area (Å²) < 4.78 is 16.1. The van der Waals surface area contributed by atoms with Crippen LogP contribution in [0.5, 0.6) is 5.75 Å². The average molecular weight is 438 g/mol. The van der Waals surface area contributed by atoms with E-state index >= 15 is 0 Å². The zero-order valence-corrected chi connectivity index (χ0v) is 16.0. The topological polar surface area (TPSA) is 183 Å². The van der Waals surface area contributed by atoms with Crippen molar-refractivity contribution in [3.05, 3.63) is 53.8 Å². The van der Waals surface area contributed by atoms with Crippen molar-refractivity contribution < 1.29 is 54.4 Å². The molecule has 1 aromatic rings. The van der Waals surface area contributed by atoms with E-state index in [2.05, 4.69) is 0 Å². The van der Waals surface area contributed by atoms with Gasteiger partial charge in [0.15, 0.2) is 12.4 Å². The summed E-state index contributed by atoms with van der Waals surface area (Å²) >= 11 is 0. The molecule has 1 fully saturated rings. The molecule has 168 valence electrons. The highest BCUT2D eigenvalue weighted by atomic mass is 16.7. The molecule has 1 heterocycles. The SMILES string of the molecule is O=C(O[C@@H]1[C@@H](O)[C@H](OC2C=CC=C(O)C2C(=O)O)O[C@H](CO)[C@H]1O)c1ccc(O)cc1. The molecule has 7 atom stereocenters. The van der Waals surface area contributed by atoms with Crippen LogP contribution in [-0.2, 0) is 19.0 Å². The second kappa shape index (κ2) is 9.45. The Kier molecular flexibility index (Phi) is 6.93. The maximum absolute atomic E-state index is 12.4. The fourth-order valence-corrected chi connectivity index (χ4v) is 3.29. The van der Waals surface area contributed by atoms with Crippen molar-refractivity contribution in [2.45, 2.75) is 36.8 Å². The van der Waals surface area contributed by atoms with Crippen LogP contribution in [0.2, 0.25) is 0 Å². The highest BCUT2D eigenvalue weighted by Crippen LogP contribution is 2.30. The van der Waals surface area contributed by atoms with Crippen molar-refractivity contribution in [3.63, 3.8) is 0 Å². The number of hydrogen-bond donors (Lipinski definition) is 6. The summed E-state index contributed by atoms with van der Waals surface area (Å²) in [7, 11) is 0. The van der Waals surface area contributed by atoms with Crippen LogP contribution in [0.4, 0.5) is 0 Å². The predicted octanol–water partition coefficient (Wildman–Crippen LogP) is -0.546. The molecule has 2 unspecified atom stereocenters. The van der Waals surface area contributed by atoms with Crippen molar-refractivity contribution >= 4 is 11.9 Å². The molecule has 3 rings (SSSR count). The fourth-order valence-electron chi connectivity index (χ4n) is 3.29. The van der Waals surface area contributed by atoms with Crippen molar-refractivity contribution in [1.29, 1.82) is 0 Å². The van der Waals surface area contributed by atoms with Crippen LogP contribution in [0.3, 0.4) is 0 Å². The van der Waals surface area contributed by atoms with E-state index in [9.17, 15) is 40.2 Å². The largest absolute Gasteiger partial charge is 0.511 e. The normalized spacial score (nSPS) is 32.9. The first kappa shape index (κ1) is 22.7. The first-order chi connectivity index (χ1) is 14.7. The van der Waals surface area contributed by atoms with Crippen molar-refractivity contribution in [3.8, 4) is 5.75 Å². The van der Waals surface area contributed by atoms with E-state index in [0.717, 1.165) is 0 Å². The monoisotopic (exact) mass is 438 g/mol. The number of esters is 1. The summed E-state index contributed by atoms with van der Waals surface area (Å²) in [5, 5.41) is 59.0. The molecule has 0 saturated carbocycles. The van der Waals surface area contributed by atoms with E-state index in [4.69, 9.17) is 14.2 Å². The average Bonchev–Trinajstić information content (AvgIpc) is 2.73. The summed E-state index contributed by atoms with van der Waals surface area (Å²) in [6.07, 6.45) is -5.25. The number of benzene rings is 1. The number of phenols is 1. The summed E-state index contributed by atoms with van der Waals surface area (Å²) in [5.74, 6) is -4.34. The number of aliphatic carboxylic acids is 1. The van der Waals surface area contributed by atoms with Gasteiger partial charge in [-0.05, 0) is 30.3 Å². The number of phenolic OH excluding ortho intramolecular Hbond substituents is 1. The summed E-state index contributed by atoms with van der Waals surface area (Å²) in [6.45, 7) is -0.713. The van der Waals surface area contributed by atoms with Crippen LogP contribution in [0.15, 0.2) is 48.3 Å². The third kappa shape index (κ3) is 4.86. The lowest BCUT2D eigenvalue weighted by molar-refractivity contribution is -0.309. The highest BCUT2D eigenvalue weighted by molar-refractivity contribution is 5.89. The fraction of sp³-hybridized carbons (Fsp3) is 0.400. The number of carboxylic acid groups (broad SMARTS) is 1. The number of carbonyl (C=O) groups excluding carboxylic acids is 1. The third-order valence-electron chi connectivity index (χ3n) is 4.94. The quantitative estimate of drug-likeness (QED) is 0.313. The maximum atomic E-state index is 12.4. The molecule has 0 bridgehead atoms. The van der Waals surface area contributed by atoms with Gasteiger partial charge in [-0.15, -0.1) is 0 Å². The Bertz CT molecular complexity index is 862. The molecule has 0 radical (unpaired) electrons. The van der Waals surface area contributed by atoms with Crippen LogP contribution >= 0.6 is 0 Å². The second-order valence-corrected chi connectivity index (χ2v) is 7.02. The Morgan fingerprint density at radius 3 is 2.35 bits per heavy atom. The number of rotatable bonds is 6. The lowest BCUT2D eigenvalue weighted by Gasteiger charge is -2.42. The van der Waals surface area contributed by atoms with Crippen molar-refractivity contribution in [2.24, 2.45) is 5.92 Å². The minimum Gasteiger partial charge on any atom is -0.511 e. The molecule has 0 aromatic heterocycles. The summed E-state index contributed by atoms with van der Waals surface area (Å²) in [6, 6.07) is 5.04. The molecular formula is C20H22O11. The number of aromatic hydroxyl groups is 1. The van der Waals surface area contributed by atoms with Crippen LogP contribution in [0.25, 0.3) is 0 Å². The lowest BCUT2D eigenvalue weighted by atomic mass is 9.94. The van der Waals surface area contributed by atoms with E-state index < -0.39 is 67.0 Å². The minimum atomic E-state index is -1.75. The van der Waals surface area contributed by atoms with Gasteiger partial charge in [-0.1, -0.05) is 12.2 Å². The van der Waals surface area contributed by atoms with Crippen LogP contribution in [0.1, 0.15) is 10.4 Å². The minimum absolute atomic E-state index is 0.0259. The van der Waals surface area contributed by atoms with Gasteiger partial charge in [0, 0.05) is 0 Å². The Balaban J connectivity index is 1.78. The third-order valence-corrected chi connectivity index (χ3v) is 4.94. The van der Waals surface area contributed by atoms with Gasteiger partial charge in [0.05, 0.1) is 18.3 Å². The number of carboxylic acids is 1. The zero-order valence-electron chi connectivity index (χ0n) is 16.0. The van der Waals surface area contributed by atoms with Crippen LogP contribution in [-0.4, -0.2) is 86.0 Å². The van der Waals surface area contributed by atoms with E-state index in [-0.39, 0.29) is 11.3 Å². The van der Waals surface area contributed by atoms with Gasteiger partial charge >= 0.3 is 11.9 Å². The van der Waals surface area contributed by atoms with Crippen molar-refractivity contribution in [2.75, 3.05) is 6.61 Å². The molecule has 2 aliphatic rings. The Hall–Kier alpha value is -2.96. The Labute approximate surface area is 176 Å². The Morgan fingerprint density at radius 1 is 1.06 bits per heavy atom. The van der Waals surface area contributed by atoms with E-state index in [0.29, 0.717) is 0 Å². The molecule has 11 nitrogen and oxygen atoms in total. The van der Waals surface area contributed by atoms with Gasteiger partial charge in [-0.2, -0.15) is 0 Å². The maximum Gasteiger partial charge on any atom is 0.338 e. The number of carbonyl (C=O) groups is 2. The number of aliphatic hydroxyl groups is 4. The van der Waals surface area contributed by atoms with Gasteiger partial charge in [0.2, 0.25) is 0 Å². The number of ether oxygens (including phenoxy) is 3. The summed E-state index contributed by atoms with van der Waals surface area (Å²) in [5.41, 5.74) is 0.0259. The van der Waals surface area contributed by atoms with Crippen molar-refractivity contribution in [1.82, 2.24) is 0 Å². The first-order valence-electron chi connectivity index (χ1n) is 9.31. The molecule has 1 aliphatic heterocycles. The molecule has 11 heteroatoms. The highest BCUT2D eigenvalue weighted by Gasteiger charge is 2.49. The number of aliphatic hydroxyl groups excluding tert-OH is 4. The van der Waals surface area contributed by atoms with Gasteiger partial charge in [0.1, 0.15) is 35.7 Å². The smallest absolute Gasteiger partial charge is 0.338 e. The second-order valence-electron chi connectivity index (χ2n) is 7.02. The number of hydrogen-bond acceptors (Lipinski definition) is 10.